The van der Waals surface area contributed by atoms with Gasteiger partial charge in [-0.05, 0) is 39.3 Å². The van der Waals surface area contributed by atoms with Crippen molar-refractivity contribution in [2.24, 2.45) is 0 Å². The largest absolute Gasteiger partial charge is 0.382 e. The molecule has 1 unspecified atom stereocenters. The molecule has 0 amide bonds. The molecule has 1 rings (SSSR count). The molecule has 4 heteroatoms. The molecule has 0 aliphatic heterocycles. The van der Waals surface area contributed by atoms with E-state index < -0.39 is 0 Å². The fourth-order valence-electron chi connectivity index (χ4n) is 1.92. The van der Waals surface area contributed by atoms with E-state index in [1.807, 2.05) is 13.1 Å². The van der Waals surface area contributed by atoms with Gasteiger partial charge in [-0.15, -0.1) is 0 Å². The average molecular weight is 239 g/mol. The number of ether oxygens (including phenoxy) is 1. The van der Waals surface area contributed by atoms with Crippen molar-refractivity contribution in [3.63, 3.8) is 0 Å². The highest BCUT2D eigenvalue weighted by Gasteiger charge is 2.14. The van der Waals surface area contributed by atoms with Crippen molar-refractivity contribution in [1.82, 2.24) is 15.1 Å². The summed E-state index contributed by atoms with van der Waals surface area (Å²) < 4.78 is 7.50. The van der Waals surface area contributed by atoms with Crippen molar-refractivity contribution in [2.45, 2.75) is 46.2 Å². The fraction of sp³-hybridized carbons (Fsp3) is 0.769. The third-order valence-electron chi connectivity index (χ3n) is 2.80. The van der Waals surface area contributed by atoms with Crippen LogP contribution in [0.5, 0.6) is 0 Å². The van der Waals surface area contributed by atoms with E-state index in [1.165, 1.54) is 5.69 Å². The van der Waals surface area contributed by atoms with Crippen LogP contribution in [0.3, 0.4) is 0 Å². The van der Waals surface area contributed by atoms with Gasteiger partial charge >= 0.3 is 0 Å². The minimum Gasteiger partial charge on any atom is -0.382 e. The standard InChI is InChI=1S/C13H25N3O/c1-4-9-14-12(8-11-17-6-3)13-7-10-15-16(13)5-2/h7,10,12,14H,4-6,8-9,11H2,1-3H3. The SMILES string of the molecule is CCCNC(CCOCC)c1ccnn1CC. The summed E-state index contributed by atoms with van der Waals surface area (Å²) in [4.78, 5) is 0. The lowest BCUT2D eigenvalue weighted by Gasteiger charge is -2.19. The summed E-state index contributed by atoms with van der Waals surface area (Å²) >= 11 is 0. The minimum atomic E-state index is 0.351. The van der Waals surface area contributed by atoms with Crippen LogP contribution in [-0.4, -0.2) is 29.5 Å². The van der Waals surface area contributed by atoms with Crippen molar-refractivity contribution < 1.29 is 4.74 Å². The van der Waals surface area contributed by atoms with E-state index in [1.54, 1.807) is 0 Å². The maximum atomic E-state index is 5.45. The van der Waals surface area contributed by atoms with Crippen LogP contribution in [0.2, 0.25) is 0 Å². The zero-order chi connectivity index (χ0) is 12.5. The van der Waals surface area contributed by atoms with Gasteiger partial charge in [-0.3, -0.25) is 4.68 Å². The highest BCUT2D eigenvalue weighted by molar-refractivity contribution is 5.07. The van der Waals surface area contributed by atoms with Crippen molar-refractivity contribution in [1.29, 1.82) is 0 Å². The van der Waals surface area contributed by atoms with Gasteiger partial charge in [-0.1, -0.05) is 6.92 Å². The topological polar surface area (TPSA) is 39.1 Å². The fourth-order valence-corrected chi connectivity index (χ4v) is 1.92. The van der Waals surface area contributed by atoms with Crippen LogP contribution in [0.15, 0.2) is 12.3 Å². The highest BCUT2D eigenvalue weighted by Crippen LogP contribution is 2.16. The van der Waals surface area contributed by atoms with Crippen molar-refractivity contribution in [3.8, 4) is 0 Å². The second-order valence-electron chi connectivity index (χ2n) is 4.06. The van der Waals surface area contributed by atoms with E-state index >= 15 is 0 Å². The number of nitrogens with one attached hydrogen (secondary N) is 1. The molecule has 1 atom stereocenters. The third-order valence-corrected chi connectivity index (χ3v) is 2.80. The third kappa shape index (κ3) is 4.48. The van der Waals surface area contributed by atoms with E-state index in [0.29, 0.717) is 6.04 Å². The van der Waals surface area contributed by atoms with Gasteiger partial charge in [0.1, 0.15) is 0 Å². The predicted molar refractivity (Wildman–Crippen MR) is 70.0 cm³/mol. The van der Waals surface area contributed by atoms with Gasteiger partial charge in [0.2, 0.25) is 0 Å². The van der Waals surface area contributed by atoms with Crippen molar-refractivity contribution in [3.05, 3.63) is 18.0 Å². The molecule has 0 aliphatic carbocycles. The number of rotatable bonds is 9. The van der Waals surface area contributed by atoms with Crippen molar-refractivity contribution >= 4 is 0 Å². The van der Waals surface area contributed by atoms with Gasteiger partial charge in [0, 0.05) is 26.0 Å². The van der Waals surface area contributed by atoms with Gasteiger partial charge in [-0.2, -0.15) is 5.10 Å². The molecule has 0 radical (unpaired) electrons. The van der Waals surface area contributed by atoms with Crippen LogP contribution in [0, 0.1) is 0 Å². The summed E-state index contributed by atoms with van der Waals surface area (Å²) in [7, 11) is 0. The summed E-state index contributed by atoms with van der Waals surface area (Å²) in [6.07, 6.45) is 4.02. The van der Waals surface area contributed by atoms with Gasteiger partial charge in [0.15, 0.2) is 0 Å². The molecular weight excluding hydrogens is 214 g/mol. The van der Waals surface area contributed by atoms with Crippen LogP contribution in [0.1, 0.15) is 45.3 Å². The molecule has 1 N–H and O–H groups in total. The van der Waals surface area contributed by atoms with E-state index in [4.69, 9.17) is 4.74 Å². The molecule has 1 aromatic heterocycles. The number of aryl methyl sites for hydroxylation is 1. The number of hydrogen-bond acceptors (Lipinski definition) is 3. The Hall–Kier alpha value is -0.870. The lowest BCUT2D eigenvalue weighted by Crippen LogP contribution is -2.26. The Balaban J connectivity index is 2.60. The minimum absolute atomic E-state index is 0.351. The van der Waals surface area contributed by atoms with Gasteiger partial charge < -0.3 is 10.1 Å². The first-order chi connectivity index (χ1) is 8.33. The Labute approximate surface area is 104 Å². The molecular formula is C13H25N3O. The van der Waals surface area contributed by atoms with E-state index in [0.717, 1.165) is 39.1 Å². The van der Waals surface area contributed by atoms with Crippen LogP contribution < -0.4 is 5.32 Å². The summed E-state index contributed by atoms with van der Waals surface area (Å²) in [5.74, 6) is 0. The molecule has 17 heavy (non-hydrogen) atoms. The Bertz CT molecular complexity index is 299. The maximum Gasteiger partial charge on any atom is 0.0554 e. The molecule has 98 valence electrons. The smallest absolute Gasteiger partial charge is 0.0554 e. The van der Waals surface area contributed by atoms with Gasteiger partial charge in [0.25, 0.3) is 0 Å². The molecule has 0 spiro atoms. The van der Waals surface area contributed by atoms with Gasteiger partial charge in [-0.25, -0.2) is 0 Å². The predicted octanol–water partition coefficient (Wildman–Crippen LogP) is 2.37. The molecule has 0 fully saturated rings. The van der Waals surface area contributed by atoms with Gasteiger partial charge in [0.05, 0.1) is 11.7 Å². The van der Waals surface area contributed by atoms with E-state index in [9.17, 15) is 0 Å². The molecule has 0 bridgehead atoms. The normalized spacial score (nSPS) is 12.9. The zero-order valence-electron chi connectivity index (χ0n) is 11.3. The second-order valence-corrected chi connectivity index (χ2v) is 4.06. The number of nitrogens with zero attached hydrogens (tertiary/aromatic N) is 2. The Morgan fingerprint density at radius 2 is 2.24 bits per heavy atom. The summed E-state index contributed by atoms with van der Waals surface area (Å²) in [6, 6.07) is 2.45. The molecule has 0 aromatic carbocycles. The summed E-state index contributed by atoms with van der Waals surface area (Å²) in [6.45, 7) is 9.87. The Morgan fingerprint density at radius 3 is 2.88 bits per heavy atom. The van der Waals surface area contributed by atoms with Crippen LogP contribution in [0.4, 0.5) is 0 Å². The van der Waals surface area contributed by atoms with E-state index in [2.05, 4.69) is 35.0 Å². The molecule has 0 saturated heterocycles. The number of aromatic nitrogens is 2. The number of hydrogen-bond donors (Lipinski definition) is 1. The molecule has 1 aromatic rings. The maximum absolute atomic E-state index is 5.45. The second kappa shape index (κ2) is 8.25. The molecule has 4 nitrogen and oxygen atoms in total. The summed E-state index contributed by atoms with van der Waals surface area (Å²) in [5, 5.41) is 7.89. The molecule has 0 saturated carbocycles. The highest BCUT2D eigenvalue weighted by atomic mass is 16.5. The average Bonchev–Trinajstić information content (AvgIpc) is 2.81. The van der Waals surface area contributed by atoms with Crippen LogP contribution in [-0.2, 0) is 11.3 Å². The first-order valence-corrected chi connectivity index (χ1v) is 6.66. The van der Waals surface area contributed by atoms with Crippen LogP contribution in [0.25, 0.3) is 0 Å². The zero-order valence-corrected chi connectivity index (χ0v) is 11.3. The first-order valence-electron chi connectivity index (χ1n) is 6.66. The first kappa shape index (κ1) is 14.2. The quantitative estimate of drug-likeness (QED) is 0.672. The Morgan fingerprint density at radius 1 is 1.41 bits per heavy atom. The lowest BCUT2D eigenvalue weighted by molar-refractivity contribution is 0.135. The molecule has 1 heterocycles. The Kier molecular flexibility index (Phi) is 6.89. The molecule has 0 aliphatic rings. The van der Waals surface area contributed by atoms with Crippen molar-refractivity contribution in [2.75, 3.05) is 19.8 Å². The lowest BCUT2D eigenvalue weighted by atomic mass is 10.1. The summed E-state index contributed by atoms with van der Waals surface area (Å²) in [5.41, 5.74) is 1.26. The van der Waals surface area contributed by atoms with Crippen LogP contribution >= 0.6 is 0 Å². The van der Waals surface area contributed by atoms with E-state index in [-0.39, 0.29) is 0 Å². The monoisotopic (exact) mass is 239 g/mol.